The minimum Gasteiger partial charge on any atom is -0.377 e. The summed E-state index contributed by atoms with van der Waals surface area (Å²) in [4.78, 5) is 28.2. The Morgan fingerprint density at radius 3 is 2.29 bits per heavy atom. The zero-order valence-corrected chi connectivity index (χ0v) is 17.0. The first-order valence-electron chi connectivity index (χ1n) is 8.78. The molecule has 1 aliphatic rings. The molecule has 0 bridgehead atoms. The second-order valence-electron chi connectivity index (χ2n) is 6.45. The maximum Gasteiger partial charge on any atom is 0.268 e. The van der Waals surface area contributed by atoms with Crippen LogP contribution in [0.4, 0.5) is 4.39 Å². The molecule has 0 N–H and O–H groups in total. The fourth-order valence-electron chi connectivity index (χ4n) is 2.72. The average molecular weight is 420 g/mol. The van der Waals surface area contributed by atoms with Crippen molar-refractivity contribution < 1.29 is 18.7 Å². The summed E-state index contributed by atoms with van der Waals surface area (Å²) in [6.07, 6.45) is 0.000230. The number of benzene rings is 2. The number of rotatable bonds is 7. The molecular formula is C21H19ClFNO3S. The van der Waals surface area contributed by atoms with Gasteiger partial charge in [-0.05, 0) is 55.8 Å². The summed E-state index contributed by atoms with van der Waals surface area (Å²) < 4.78 is 18.8. The van der Waals surface area contributed by atoms with Crippen LogP contribution in [0.3, 0.4) is 0 Å². The van der Waals surface area contributed by atoms with Gasteiger partial charge in [-0.15, -0.1) is 0 Å². The third-order valence-corrected chi connectivity index (χ3v) is 5.40. The van der Waals surface area contributed by atoms with E-state index in [0.717, 1.165) is 4.90 Å². The van der Waals surface area contributed by atoms with Crippen LogP contribution >= 0.6 is 23.4 Å². The number of thioether (sulfide) groups is 1. The Morgan fingerprint density at radius 2 is 1.68 bits per heavy atom. The van der Waals surface area contributed by atoms with E-state index in [-0.39, 0.29) is 30.7 Å². The molecule has 1 aliphatic heterocycles. The fourth-order valence-corrected chi connectivity index (χ4v) is 3.86. The van der Waals surface area contributed by atoms with Crippen molar-refractivity contribution in [2.75, 3.05) is 13.2 Å². The molecule has 2 aromatic rings. The molecule has 0 radical (unpaired) electrons. The molecule has 4 nitrogen and oxygen atoms in total. The van der Waals surface area contributed by atoms with Crippen molar-refractivity contribution in [3.63, 3.8) is 0 Å². The molecule has 0 aliphatic carbocycles. The number of halogens is 2. The minimum absolute atomic E-state index is 0.000230. The molecule has 3 rings (SSSR count). The summed E-state index contributed by atoms with van der Waals surface area (Å²) in [5, 5.41) is 0.582. The molecule has 1 heterocycles. The van der Waals surface area contributed by atoms with Crippen molar-refractivity contribution in [3.8, 4) is 0 Å². The van der Waals surface area contributed by atoms with E-state index in [0.29, 0.717) is 15.5 Å². The van der Waals surface area contributed by atoms with Crippen molar-refractivity contribution in [1.82, 2.24) is 4.90 Å². The van der Waals surface area contributed by atoms with E-state index in [4.69, 9.17) is 16.3 Å². The molecule has 2 amide bonds. The molecule has 0 unspecified atom stereocenters. The smallest absolute Gasteiger partial charge is 0.268 e. The molecule has 0 aromatic heterocycles. The third-order valence-electron chi connectivity index (χ3n) is 4.06. The quantitative estimate of drug-likeness (QED) is 0.606. The van der Waals surface area contributed by atoms with Crippen LogP contribution in [-0.4, -0.2) is 36.0 Å². The predicted molar refractivity (Wildman–Crippen MR) is 108 cm³/mol. The van der Waals surface area contributed by atoms with Gasteiger partial charge in [0.2, 0.25) is 0 Å². The first-order valence-corrected chi connectivity index (χ1v) is 9.97. The monoisotopic (exact) mass is 419 g/mol. The summed E-state index contributed by atoms with van der Waals surface area (Å²) in [5.41, 5.74) is 0.776. The number of ether oxygens (including phenoxy) is 1. The van der Waals surface area contributed by atoms with Gasteiger partial charge in [-0.25, -0.2) is 4.39 Å². The van der Waals surface area contributed by atoms with Crippen LogP contribution in [0.1, 0.15) is 19.4 Å². The standard InChI is InChI=1S/C21H19ClFNO3S/c1-13(2)27-12-11-24-20(25)18(14-3-7-16(23)8-4-14)19(21(24)26)28-17-9-5-15(22)6-10-17/h3-10,13H,11-12H2,1-2H3. The van der Waals surface area contributed by atoms with Crippen LogP contribution in [0.15, 0.2) is 58.3 Å². The van der Waals surface area contributed by atoms with Gasteiger partial charge >= 0.3 is 0 Å². The highest BCUT2D eigenvalue weighted by atomic mass is 35.5. The highest BCUT2D eigenvalue weighted by molar-refractivity contribution is 8.04. The van der Waals surface area contributed by atoms with Crippen molar-refractivity contribution in [2.45, 2.75) is 24.8 Å². The molecule has 0 fully saturated rings. The summed E-state index contributed by atoms with van der Waals surface area (Å²) in [6, 6.07) is 12.6. The molecule has 7 heteroatoms. The van der Waals surface area contributed by atoms with E-state index in [9.17, 15) is 14.0 Å². The first-order chi connectivity index (χ1) is 13.4. The Hall–Kier alpha value is -2.15. The highest BCUT2D eigenvalue weighted by Crippen LogP contribution is 2.39. The second kappa shape index (κ2) is 8.90. The Kier molecular flexibility index (Phi) is 6.54. The Labute approximate surface area is 172 Å². The van der Waals surface area contributed by atoms with Gasteiger partial charge in [-0.1, -0.05) is 35.5 Å². The summed E-state index contributed by atoms with van der Waals surface area (Å²) in [7, 11) is 0. The fraction of sp³-hybridized carbons (Fsp3) is 0.238. The van der Waals surface area contributed by atoms with Gasteiger partial charge in [0.15, 0.2) is 0 Å². The van der Waals surface area contributed by atoms with E-state index in [1.807, 2.05) is 13.8 Å². The Balaban J connectivity index is 1.94. The molecule has 0 saturated heterocycles. The zero-order valence-electron chi connectivity index (χ0n) is 15.4. The third kappa shape index (κ3) is 4.63. The minimum atomic E-state index is -0.407. The summed E-state index contributed by atoms with van der Waals surface area (Å²) in [5.74, 6) is -1.19. The van der Waals surface area contributed by atoms with Crippen molar-refractivity contribution in [1.29, 1.82) is 0 Å². The maximum atomic E-state index is 13.3. The van der Waals surface area contributed by atoms with Crippen LogP contribution in [0.2, 0.25) is 5.02 Å². The maximum absolute atomic E-state index is 13.3. The highest BCUT2D eigenvalue weighted by Gasteiger charge is 2.39. The summed E-state index contributed by atoms with van der Waals surface area (Å²) >= 11 is 7.12. The van der Waals surface area contributed by atoms with Gasteiger partial charge < -0.3 is 4.74 Å². The van der Waals surface area contributed by atoms with E-state index in [1.54, 1.807) is 24.3 Å². The molecule has 28 heavy (non-hydrogen) atoms. The number of imide groups is 1. The first kappa shape index (κ1) is 20.6. The normalized spacial score (nSPS) is 14.5. The Morgan fingerprint density at radius 1 is 1.04 bits per heavy atom. The lowest BCUT2D eigenvalue weighted by atomic mass is 10.1. The molecule has 146 valence electrons. The summed E-state index contributed by atoms with van der Waals surface area (Å²) in [6.45, 7) is 4.19. The van der Waals surface area contributed by atoms with Crippen molar-refractivity contribution in [2.24, 2.45) is 0 Å². The van der Waals surface area contributed by atoms with E-state index in [1.165, 1.54) is 40.9 Å². The lowest BCUT2D eigenvalue weighted by Gasteiger charge is -2.16. The van der Waals surface area contributed by atoms with Crippen LogP contribution in [0.25, 0.3) is 5.57 Å². The van der Waals surface area contributed by atoms with Crippen molar-refractivity contribution in [3.05, 3.63) is 69.8 Å². The van der Waals surface area contributed by atoms with Gasteiger partial charge in [0.1, 0.15) is 5.82 Å². The van der Waals surface area contributed by atoms with Gasteiger partial charge in [-0.3, -0.25) is 14.5 Å². The van der Waals surface area contributed by atoms with Gasteiger partial charge in [0.25, 0.3) is 11.8 Å². The lowest BCUT2D eigenvalue weighted by molar-refractivity contribution is -0.137. The van der Waals surface area contributed by atoms with E-state index in [2.05, 4.69) is 0 Å². The van der Waals surface area contributed by atoms with Crippen LogP contribution in [0.5, 0.6) is 0 Å². The second-order valence-corrected chi connectivity index (χ2v) is 7.97. The number of amides is 2. The lowest BCUT2D eigenvalue weighted by Crippen LogP contribution is -2.35. The van der Waals surface area contributed by atoms with Crippen molar-refractivity contribution >= 4 is 40.8 Å². The SMILES string of the molecule is CC(C)OCCN1C(=O)C(Sc2ccc(Cl)cc2)=C(c2ccc(F)cc2)C1=O. The largest absolute Gasteiger partial charge is 0.377 e. The number of nitrogens with zero attached hydrogens (tertiary/aromatic N) is 1. The predicted octanol–water partition coefficient (Wildman–Crippen LogP) is 4.78. The zero-order chi connectivity index (χ0) is 20.3. The number of hydrogen-bond acceptors (Lipinski definition) is 4. The average Bonchev–Trinajstić information content (AvgIpc) is 2.88. The van der Waals surface area contributed by atoms with Gasteiger partial charge in [0.05, 0.1) is 29.7 Å². The van der Waals surface area contributed by atoms with Crippen LogP contribution in [0, 0.1) is 5.82 Å². The molecule has 0 saturated carbocycles. The van der Waals surface area contributed by atoms with Gasteiger partial charge in [-0.2, -0.15) is 0 Å². The molecule has 0 atom stereocenters. The molecular weight excluding hydrogens is 401 g/mol. The van der Waals surface area contributed by atoms with E-state index >= 15 is 0 Å². The Bertz CT molecular complexity index is 910. The topological polar surface area (TPSA) is 46.6 Å². The number of carbonyl (C=O) groups is 2. The molecule has 0 spiro atoms. The van der Waals surface area contributed by atoms with Gasteiger partial charge in [0, 0.05) is 9.92 Å². The molecule has 2 aromatic carbocycles. The van der Waals surface area contributed by atoms with Crippen LogP contribution < -0.4 is 0 Å². The number of hydrogen-bond donors (Lipinski definition) is 0. The van der Waals surface area contributed by atoms with Crippen LogP contribution in [-0.2, 0) is 14.3 Å². The number of carbonyl (C=O) groups excluding carboxylic acids is 2. The van der Waals surface area contributed by atoms with E-state index < -0.39 is 11.7 Å².